The van der Waals surface area contributed by atoms with Gasteiger partial charge in [-0.15, -0.1) is 22.7 Å². The van der Waals surface area contributed by atoms with Gasteiger partial charge in [-0.1, -0.05) is 176 Å². The van der Waals surface area contributed by atoms with E-state index in [1.165, 1.54) is 0 Å². The lowest BCUT2D eigenvalue weighted by atomic mass is 9.82. The van der Waals surface area contributed by atoms with Crippen LogP contribution in [0.1, 0.15) is 0 Å². The summed E-state index contributed by atoms with van der Waals surface area (Å²) in [6.07, 6.45) is 0. The Kier molecular flexibility index (Phi) is 11.8. The van der Waals surface area contributed by atoms with E-state index in [2.05, 4.69) is 324 Å². The maximum Gasteiger partial charge on any atom is 0.124 e. The van der Waals surface area contributed by atoms with E-state index in [-0.39, 0.29) is 0 Å². The molecule has 0 radical (unpaired) electrons. The Balaban J connectivity index is 1.11. The first-order valence-electron chi connectivity index (χ1n) is 29.3. The normalized spacial score (nSPS) is 13.1. The number of rotatable bonds is 8. The van der Waals surface area contributed by atoms with Crippen LogP contribution in [0.15, 0.2) is 273 Å². The second-order valence-electron chi connectivity index (χ2n) is 22.3. The molecule has 0 atom stereocenters. The molecule has 0 saturated heterocycles. The van der Waals surface area contributed by atoms with Gasteiger partial charge in [0.1, 0.15) is 10.0 Å². The number of benzene rings is 12. The number of anilines is 15. The quantitative estimate of drug-likeness (QED) is 0.149. The predicted octanol–water partition coefficient (Wildman–Crippen LogP) is 21.9. The number of nitrogens with zero attached hydrogens (tertiary/aromatic N) is 8. The van der Waals surface area contributed by atoms with Crippen molar-refractivity contribution in [3.05, 3.63) is 273 Å². The molecule has 0 aliphatic carbocycles. The van der Waals surface area contributed by atoms with Gasteiger partial charge in [0.05, 0.1) is 106 Å². The zero-order chi connectivity index (χ0) is 57.9. The Labute approximate surface area is 513 Å². The van der Waals surface area contributed by atoms with Gasteiger partial charge in [-0.25, -0.2) is 9.97 Å². The number of thiazole rings is 2. The molecule has 0 N–H and O–H groups in total. The second-order valence-corrected chi connectivity index (χ2v) is 24.3. The van der Waals surface area contributed by atoms with Crippen LogP contribution < -0.4 is 29.4 Å². The molecule has 8 nitrogen and oxygen atoms in total. The van der Waals surface area contributed by atoms with E-state index in [1.807, 2.05) is 0 Å². The molecule has 12 aromatic carbocycles. The largest absolute Gasteiger partial charge is 0.341 e. The highest BCUT2D eigenvalue weighted by molar-refractivity contribution is 7.22. The van der Waals surface area contributed by atoms with Gasteiger partial charge in [0.25, 0.3) is 0 Å². The standard InChI is InChI=1S/C77H54N8S2/c1-80-56-27-9-15-33-62(56)83(63-34-16-10-28-57(63)80)73-70(50-41-45-52(46-42-50)76-78-54-25-7-21-39-68(54)86-76)71(51-43-47-53(48-44-51)77-79-55-26-8-22-40-69(55)87-77)74(84-64-35-17-11-29-58(64)81(2)59-30-12-18-36-65(59)84)75(72(73)49-23-5-4-6-24-49)85-66-37-19-13-31-60(66)82(3)61-32-14-20-38-67(61)85/h4-48H,1-3H3. The van der Waals surface area contributed by atoms with Crippen molar-refractivity contribution in [2.45, 2.75) is 0 Å². The summed E-state index contributed by atoms with van der Waals surface area (Å²) in [4.78, 5) is 25.2. The first-order valence-corrected chi connectivity index (χ1v) is 31.0. The Morgan fingerprint density at radius 2 is 0.483 bits per heavy atom. The molecule has 3 aliphatic heterocycles. The molecular weight excluding hydrogens is 1100 g/mol. The summed E-state index contributed by atoms with van der Waals surface area (Å²) >= 11 is 3.46. The Hall–Kier alpha value is -10.8. The average Bonchev–Trinajstić information content (AvgIpc) is 1.12. The van der Waals surface area contributed by atoms with Crippen molar-refractivity contribution in [3.63, 3.8) is 0 Å². The molecule has 0 fully saturated rings. The number of hydrogen-bond donors (Lipinski definition) is 0. The van der Waals surface area contributed by atoms with E-state index in [9.17, 15) is 0 Å². The molecule has 0 amide bonds. The van der Waals surface area contributed by atoms with Crippen LogP contribution in [-0.4, -0.2) is 31.1 Å². The first-order chi connectivity index (χ1) is 42.9. The van der Waals surface area contributed by atoms with Crippen LogP contribution in [0.25, 0.3) is 75.0 Å². The molecule has 14 aromatic rings. The van der Waals surface area contributed by atoms with Crippen LogP contribution in [0.4, 0.5) is 85.3 Å². The minimum Gasteiger partial charge on any atom is -0.341 e. The maximum absolute atomic E-state index is 5.22. The predicted molar refractivity (Wildman–Crippen MR) is 368 cm³/mol. The van der Waals surface area contributed by atoms with E-state index in [0.717, 1.165) is 160 Å². The molecule has 17 rings (SSSR count). The maximum atomic E-state index is 5.22. The summed E-state index contributed by atoms with van der Waals surface area (Å²) in [7, 11) is 6.59. The number of aromatic nitrogens is 2. The van der Waals surface area contributed by atoms with Crippen molar-refractivity contribution in [3.8, 4) is 54.5 Å². The van der Waals surface area contributed by atoms with Crippen molar-refractivity contribution in [2.24, 2.45) is 0 Å². The van der Waals surface area contributed by atoms with Gasteiger partial charge in [-0.05, 0) is 114 Å². The minimum absolute atomic E-state index is 0.979. The van der Waals surface area contributed by atoms with Crippen LogP contribution in [0, 0.1) is 0 Å². The van der Waals surface area contributed by atoms with Crippen molar-refractivity contribution in [1.82, 2.24) is 9.97 Å². The van der Waals surface area contributed by atoms with E-state index < -0.39 is 0 Å². The summed E-state index contributed by atoms with van der Waals surface area (Å²) in [6, 6.07) is 100.0. The molecule has 414 valence electrons. The summed E-state index contributed by atoms with van der Waals surface area (Å²) in [5.41, 5.74) is 26.4. The SMILES string of the molecule is CN1c2ccccc2N(c2c(-c3ccc(-c4nc5ccccc5s4)cc3)c(-c3ccc(-c4nc5ccccc5s4)cc3)c(N3c4ccccc4N(C)c4ccccc43)c(N3c4ccccc4N(C)c4ccccc43)c2-c2ccccc2)c2ccccc21. The molecule has 10 heteroatoms. The molecule has 0 saturated carbocycles. The van der Waals surface area contributed by atoms with Crippen molar-refractivity contribution in [1.29, 1.82) is 0 Å². The number of hydrogen-bond acceptors (Lipinski definition) is 10. The lowest BCUT2D eigenvalue weighted by Crippen LogP contribution is -2.30. The van der Waals surface area contributed by atoms with Gasteiger partial charge in [-0.3, -0.25) is 0 Å². The topological polar surface area (TPSA) is 45.2 Å². The summed E-state index contributed by atoms with van der Waals surface area (Å²) in [5.74, 6) is 0. The van der Waals surface area contributed by atoms with Gasteiger partial charge < -0.3 is 29.4 Å². The van der Waals surface area contributed by atoms with Gasteiger partial charge >= 0.3 is 0 Å². The van der Waals surface area contributed by atoms with Gasteiger partial charge in [-0.2, -0.15) is 0 Å². The van der Waals surface area contributed by atoms with Crippen molar-refractivity contribution < 1.29 is 0 Å². The minimum atomic E-state index is 0.979. The van der Waals surface area contributed by atoms with Crippen LogP contribution >= 0.6 is 22.7 Å². The summed E-state index contributed by atoms with van der Waals surface area (Å²) in [6.45, 7) is 0. The third-order valence-corrected chi connectivity index (χ3v) is 19.7. The molecule has 5 heterocycles. The fourth-order valence-corrected chi connectivity index (χ4v) is 15.4. The molecular formula is C77H54N8S2. The third kappa shape index (κ3) is 7.95. The molecule has 0 bridgehead atoms. The molecule has 0 unspecified atom stereocenters. The fourth-order valence-electron chi connectivity index (χ4n) is 13.5. The smallest absolute Gasteiger partial charge is 0.124 e. The highest BCUT2D eigenvalue weighted by Crippen LogP contribution is 2.68. The monoisotopic (exact) mass is 1150 g/mol. The van der Waals surface area contributed by atoms with E-state index in [0.29, 0.717) is 0 Å². The Morgan fingerprint density at radius 3 is 0.828 bits per heavy atom. The van der Waals surface area contributed by atoms with Crippen LogP contribution in [0.5, 0.6) is 0 Å². The zero-order valence-electron chi connectivity index (χ0n) is 47.9. The highest BCUT2D eigenvalue weighted by atomic mass is 32.1. The average molecular weight is 1160 g/mol. The van der Waals surface area contributed by atoms with Crippen molar-refractivity contribution >= 4 is 128 Å². The highest BCUT2D eigenvalue weighted by Gasteiger charge is 2.43. The van der Waals surface area contributed by atoms with Crippen LogP contribution in [0.2, 0.25) is 0 Å². The number of para-hydroxylation sites is 14. The lowest BCUT2D eigenvalue weighted by Gasteiger charge is -2.46. The van der Waals surface area contributed by atoms with Crippen LogP contribution in [0.3, 0.4) is 0 Å². The van der Waals surface area contributed by atoms with E-state index in [4.69, 9.17) is 9.97 Å². The number of fused-ring (bicyclic) bond motifs is 8. The second kappa shape index (κ2) is 20.2. The lowest BCUT2D eigenvalue weighted by molar-refractivity contribution is 1.10. The molecule has 2 aromatic heterocycles. The van der Waals surface area contributed by atoms with Crippen molar-refractivity contribution in [2.75, 3.05) is 50.5 Å². The first kappa shape index (κ1) is 50.7. The molecule has 87 heavy (non-hydrogen) atoms. The molecule has 0 spiro atoms. The Morgan fingerprint density at radius 1 is 0.230 bits per heavy atom. The van der Waals surface area contributed by atoms with Gasteiger partial charge in [0.2, 0.25) is 0 Å². The van der Waals surface area contributed by atoms with Gasteiger partial charge in [0, 0.05) is 49.0 Å². The van der Waals surface area contributed by atoms with Crippen LogP contribution in [-0.2, 0) is 0 Å². The third-order valence-electron chi connectivity index (χ3n) is 17.5. The zero-order valence-corrected chi connectivity index (χ0v) is 49.5. The molecule has 3 aliphatic rings. The summed E-state index contributed by atoms with van der Waals surface area (Å²) < 4.78 is 2.32. The Bertz CT molecular complexity index is 4820. The van der Waals surface area contributed by atoms with Gasteiger partial charge in [0.15, 0.2) is 0 Å². The summed E-state index contributed by atoms with van der Waals surface area (Å²) in [5, 5.41) is 1.96. The van der Waals surface area contributed by atoms with E-state index >= 15 is 0 Å². The van der Waals surface area contributed by atoms with E-state index in [1.54, 1.807) is 22.7 Å². The fraction of sp³-hybridized carbons (Fsp3) is 0.0390.